The van der Waals surface area contributed by atoms with Crippen molar-refractivity contribution in [3.05, 3.63) is 5.92 Å². The second-order valence-electron chi connectivity index (χ2n) is 3.24. The number of hydrogen-bond acceptors (Lipinski definition) is 0. The second kappa shape index (κ2) is 6.75. The SMILES string of the molecule is CCC(C)(C)[C-](C)C.[Cl-].[Mg+2]. The van der Waals surface area contributed by atoms with Gasteiger partial charge in [0.25, 0.3) is 0 Å². The van der Waals surface area contributed by atoms with Gasteiger partial charge < -0.3 is 18.3 Å². The van der Waals surface area contributed by atoms with Crippen molar-refractivity contribution in [2.45, 2.75) is 41.0 Å². The third-order valence-electron chi connectivity index (χ3n) is 2.24. The van der Waals surface area contributed by atoms with Gasteiger partial charge in [0.05, 0.1) is 0 Å². The largest absolute Gasteiger partial charge is 2.00 e. The van der Waals surface area contributed by atoms with E-state index in [1.807, 2.05) is 0 Å². The Kier molecular flexibility index (Phi) is 11.6. The van der Waals surface area contributed by atoms with Gasteiger partial charge in [-0.15, -0.1) is 0 Å². The summed E-state index contributed by atoms with van der Waals surface area (Å²) >= 11 is 0. The fraction of sp³-hybridized carbons (Fsp3) is 0.875. The molecule has 58 valence electrons. The van der Waals surface area contributed by atoms with Crippen molar-refractivity contribution in [2.75, 3.05) is 0 Å². The molecule has 0 N–H and O–H groups in total. The van der Waals surface area contributed by atoms with E-state index in [1.165, 1.54) is 12.3 Å². The minimum Gasteiger partial charge on any atom is -1.00 e. The van der Waals surface area contributed by atoms with Crippen LogP contribution in [0.25, 0.3) is 0 Å². The van der Waals surface area contributed by atoms with Crippen LogP contribution in [0.2, 0.25) is 0 Å². The standard InChI is InChI=1S/C8H17.ClH.Mg/c1-6-8(4,5)7(2)3;;/h6H2,1-5H3;1H;/q-1;;+2/p-1. The molecule has 0 nitrogen and oxygen atoms in total. The zero-order chi connectivity index (χ0) is 6.78. The molecule has 0 aliphatic heterocycles. The maximum atomic E-state index is 2.28. The fourth-order valence-electron chi connectivity index (χ4n) is 0.354. The molecule has 0 aromatic rings. The van der Waals surface area contributed by atoms with E-state index in [2.05, 4.69) is 34.6 Å². The predicted molar refractivity (Wildman–Crippen MR) is 44.4 cm³/mol. The zero-order valence-electron chi connectivity index (χ0n) is 7.79. The summed E-state index contributed by atoms with van der Waals surface area (Å²) in [4.78, 5) is 0. The minimum atomic E-state index is 0. The van der Waals surface area contributed by atoms with Crippen molar-refractivity contribution in [1.29, 1.82) is 0 Å². The summed E-state index contributed by atoms with van der Waals surface area (Å²) in [5, 5.41) is 0. The van der Waals surface area contributed by atoms with Crippen LogP contribution < -0.4 is 12.4 Å². The first-order valence-corrected chi connectivity index (χ1v) is 3.31. The van der Waals surface area contributed by atoms with Crippen molar-refractivity contribution in [2.24, 2.45) is 5.41 Å². The molecule has 0 amide bonds. The van der Waals surface area contributed by atoms with Crippen LogP contribution in [0.1, 0.15) is 41.0 Å². The zero-order valence-corrected chi connectivity index (χ0v) is 9.96. The Morgan fingerprint density at radius 2 is 1.50 bits per heavy atom. The molecule has 0 fully saturated rings. The number of halogens is 1. The molecule has 0 radical (unpaired) electrons. The number of hydrogen-bond donors (Lipinski definition) is 0. The molecule has 0 saturated heterocycles. The van der Waals surface area contributed by atoms with Crippen LogP contribution in [-0.2, 0) is 0 Å². The molecule has 0 aromatic heterocycles. The van der Waals surface area contributed by atoms with Gasteiger partial charge in [0, 0.05) is 0 Å². The van der Waals surface area contributed by atoms with Gasteiger partial charge in [0.15, 0.2) is 0 Å². The molecule has 0 heterocycles. The normalized spacial score (nSPS) is 10.2. The molecule has 2 heteroatoms. The molecule has 0 aromatic carbocycles. The summed E-state index contributed by atoms with van der Waals surface area (Å²) in [5.74, 6) is 1.53. The van der Waals surface area contributed by atoms with Crippen molar-refractivity contribution in [3.8, 4) is 0 Å². The maximum absolute atomic E-state index is 2.28. The predicted octanol–water partition coefficient (Wildman–Crippen LogP) is -0.340. The smallest absolute Gasteiger partial charge is 1.00 e. The monoisotopic (exact) mass is 172 g/mol. The van der Waals surface area contributed by atoms with E-state index in [0.29, 0.717) is 5.41 Å². The molecular formula is C8H17ClMg. The Labute approximate surface area is 87.7 Å². The van der Waals surface area contributed by atoms with Gasteiger partial charge in [-0.2, -0.15) is 19.3 Å². The van der Waals surface area contributed by atoms with Crippen LogP contribution in [-0.4, -0.2) is 23.1 Å². The molecule has 0 saturated carbocycles. The van der Waals surface area contributed by atoms with Gasteiger partial charge in [-0.25, -0.2) is 0 Å². The molecule has 0 unspecified atom stereocenters. The van der Waals surface area contributed by atoms with Gasteiger partial charge >= 0.3 is 23.1 Å². The molecular weight excluding hydrogens is 156 g/mol. The Bertz CT molecular complexity index is 69.7. The van der Waals surface area contributed by atoms with E-state index in [0.717, 1.165) is 0 Å². The maximum Gasteiger partial charge on any atom is 2.00 e. The first-order valence-electron chi connectivity index (χ1n) is 3.31. The quantitative estimate of drug-likeness (QED) is 0.395. The van der Waals surface area contributed by atoms with E-state index >= 15 is 0 Å². The fourth-order valence-corrected chi connectivity index (χ4v) is 0.354. The molecule has 0 atom stereocenters. The van der Waals surface area contributed by atoms with Gasteiger partial charge in [0.2, 0.25) is 0 Å². The van der Waals surface area contributed by atoms with Crippen LogP contribution in [0, 0.1) is 11.3 Å². The van der Waals surface area contributed by atoms with Crippen LogP contribution in [0.5, 0.6) is 0 Å². The first-order chi connectivity index (χ1) is 3.50. The van der Waals surface area contributed by atoms with E-state index in [9.17, 15) is 0 Å². The van der Waals surface area contributed by atoms with Crippen LogP contribution in [0.4, 0.5) is 0 Å². The van der Waals surface area contributed by atoms with E-state index in [4.69, 9.17) is 0 Å². The summed E-state index contributed by atoms with van der Waals surface area (Å²) in [7, 11) is 0. The molecule has 0 spiro atoms. The third-order valence-corrected chi connectivity index (χ3v) is 2.24. The Balaban J connectivity index is -0.000000245. The Hall–Kier alpha value is 1.06. The van der Waals surface area contributed by atoms with Gasteiger partial charge in [-0.05, 0) is 0 Å². The van der Waals surface area contributed by atoms with Crippen molar-refractivity contribution in [3.63, 3.8) is 0 Å². The summed E-state index contributed by atoms with van der Waals surface area (Å²) in [6.45, 7) is 11.2. The Morgan fingerprint density at radius 1 is 1.20 bits per heavy atom. The topological polar surface area (TPSA) is 0 Å². The van der Waals surface area contributed by atoms with Crippen molar-refractivity contribution >= 4 is 23.1 Å². The van der Waals surface area contributed by atoms with Crippen LogP contribution in [0.3, 0.4) is 0 Å². The molecule has 0 bridgehead atoms. The summed E-state index contributed by atoms with van der Waals surface area (Å²) < 4.78 is 0. The first kappa shape index (κ1) is 17.2. The van der Waals surface area contributed by atoms with Crippen molar-refractivity contribution < 1.29 is 12.4 Å². The van der Waals surface area contributed by atoms with E-state index in [-0.39, 0.29) is 35.5 Å². The number of rotatable bonds is 2. The summed E-state index contributed by atoms with van der Waals surface area (Å²) in [6, 6.07) is 0. The second-order valence-corrected chi connectivity index (χ2v) is 3.24. The van der Waals surface area contributed by atoms with Gasteiger partial charge in [-0.3, -0.25) is 0 Å². The van der Waals surface area contributed by atoms with Crippen LogP contribution in [0.15, 0.2) is 0 Å². The summed E-state index contributed by atoms with van der Waals surface area (Å²) in [6.07, 6.45) is 1.25. The molecule has 0 aliphatic carbocycles. The third kappa shape index (κ3) is 5.81. The molecule has 10 heavy (non-hydrogen) atoms. The van der Waals surface area contributed by atoms with E-state index in [1.54, 1.807) is 0 Å². The van der Waals surface area contributed by atoms with Gasteiger partial charge in [-0.1, -0.05) is 27.2 Å². The average Bonchev–Trinajstić information content (AvgIpc) is 1.67. The minimum absolute atomic E-state index is 0. The summed E-state index contributed by atoms with van der Waals surface area (Å²) in [5.41, 5.74) is 0.458. The van der Waals surface area contributed by atoms with Crippen LogP contribution >= 0.6 is 0 Å². The molecule has 0 aliphatic rings. The van der Waals surface area contributed by atoms with Crippen molar-refractivity contribution in [1.82, 2.24) is 0 Å². The molecule has 0 rings (SSSR count). The average molecular weight is 173 g/mol. The van der Waals surface area contributed by atoms with E-state index < -0.39 is 0 Å². The Morgan fingerprint density at radius 3 is 1.50 bits per heavy atom. The van der Waals surface area contributed by atoms with Gasteiger partial charge in [0.1, 0.15) is 0 Å².